The summed E-state index contributed by atoms with van der Waals surface area (Å²) in [5.74, 6) is -1.92. The Balaban J connectivity index is 4.67. The summed E-state index contributed by atoms with van der Waals surface area (Å²) >= 11 is 0. The van der Waals surface area contributed by atoms with Crippen molar-refractivity contribution in [3.8, 4) is 6.07 Å². The lowest BCUT2D eigenvalue weighted by Crippen LogP contribution is -2.24. The molecule has 19 heavy (non-hydrogen) atoms. The van der Waals surface area contributed by atoms with Gasteiger partial charge in [-0.3, -0.25) is 0 Å². The van der Waals surface area contributed by atoms with E-state index >= 15 is 0 Å². The third-order valence-corrected chi connectivity index (χ3v) is 1.98. The molecule has 1 unspecified atom stereocenters. The maximum absolute atomic E-state index is 11.2. The molecule has 0 aliphatic heterocycles. The highest BCUT2D eigenvalue weighted by atomic mass is 16.6. The van der Waals surface area contributed by atoms with Crippen molar-refractivity contribution >= 4 is 11.9 Å². The molecule has 0 aromatic carbocycles. The fourth-order valence-corrected chi connectivity index (χ4v) is 1.12. The van der Waals surface area contributed by atoms with E-state index in [0.717, 1.165) is 0 Å². The van der Waals surface area contributed by atoms with E-state index < -0.39 is 18.0 Å². The van der Waals surface area contributed by atoms with Gasteiger partial charge < -0.3 is 14.6 Å². The van der Waals surface area contributed by atoms with Gasteiger partial charge in [0.2, 0.25) is 0 Å². The van der Waals surface area contributed by atoms with Crippen molar-refractivity contribution in [1.29, 1.82) is 5.26 Å². The van der Waals surface area contributed by atoms with E-state index in [0.29, 0.717) is 0 Å². The predicted molar refractivity (Wildman–Crippen MR) is 67.1 cm³/mol. The highest BCUT2D eigenvalue weighted by Gasteiger charge is 2.15. The van der Waals surface area contributed by atoms with Gasteiger partial charge in [0.05, 0.1) is 6.10 Å². The number of ether oxygens (including phenoxy) is 2. The second-order valence-corrected chi connectivity index (χ2v) is 4.07. The van der Waals surface area contributed by atoms with Crippen LogP contribution in [0.15, 0.2) is 23.8 Å². The molecule has 0 aromatic heterocycles. The average Bonchev–Trinajstić information content (AvgIpc) is 2.33. The molecule has 0 aliphatic carbocycles. The summed E-state index contributed by atoms with van der Waals surface area (Å²) in [6.45, 7) is 7.99. The molecule has 0 heterocycles. The molecule has 0 bridgehead atoms. The van der Waals surface area contributed by atoms with Gasteiger partial charge in [0.25, 0.3) is 0 Å². The van der Waals surface area contributed by atoms with E-state index in [1.54, 1.807) is 19.9 Å². The molecular formula is C13H17NO5. The van der Waals surface area contributed by atoms with Gasteiger partial charge in [-0.1, -0.05) is 6.58 Å². The zero-order valence-electron chi connectivity index (χ0n) is 11.2. The summed E-state index contributed by atoms with van der Waals surface area (Å²) < 4.78 is 10.2. The summed E-state index contributed by atoms with van der Waals surface area (Å²) in [6.07, 6.45) is 0.498. The highest BCUT2D eigenvalue weighted by Crippen LogP contribution is 2.06. The zero-order valence-corrected chi connectivity index (χ0v) is 11.2. The Morgan fingerprint density at radius 3 is 2.47 bits per heavy atom. The Hall–Kier alpha value is -2.13. The summed E-state index contributed by atoms with van der Waals surface area (Å²) in [6, 6.07) is 1.57. The first-order chi connectivity index (χ1) is 8.77. The lowest BCUT2D eigenvalue weighted by molar-refractivity contribution is -0.142. The topological polar surface area (TPSA) is 96.6 Å². The molecule has 0 radical (unpaired) electrons. The molecule has 0 saturated heterocycles. The quantitative estimate of drug-likeness (QED) is 0.426. The average molecular weight is 267 g/mol. The fourth-order valence-electron chi connectivity index (χ4n) is 1.12. The van der Waals surface area contributed by atoms with Gasteiger partial charge in [0.1, 0.15) is 24.4 Å². The molecule has 0 saturated carbocycles. The molecular weight excluding hydrogens is 250 g/mol. The number of carbonyl (C=O) groups excluding carboxylic acids is 1. The summed E-state index contributed by atoms with van der Waals surface area (Å²) in [7, 11) is 0. The monoisotopic (exact) mass is 267 g/mol. The Morgan fingerprint density at radius 1 is 1.47 bits per heavy atom. The van der Waals surface area contributed by atoms with Crippen molar-refractivity contribution in [3.05, 3.63) is 23.8 Å². The van der Waals surface area contributed by atoms with Crippen LogP contribution in [0.25, 0.3) is 0 Å². The summed E-state index contributed by atoms with van der Waals surface area (Å²) in [5.41, 5.74) is -0.233. The number of nitriles is 1. The minimum atomic E-state index is -1.08. The lowest BCUT2D eigenvalue weighted by atomic mass is 10.2. The number of carboxylic acid groups (broad SMARTS) is 1. The standard InChI is InChI=1S/C13H17NO5/c1-8(2)19-11(5-9(3)12(15)16)7-18-13(17)10(4)6-14/h5,8,11H,4,7H2,1-3H3,(H,15,16). The second-order valence-electron chi connectivity index (χ2n) is 4.07. The van der Waals surface area contributed by atoms with Crippen molar-refractivity contribution in [1.82, 2.24) is 0 Å². The van der Waals surface area contributed by atoms with E-state index in [-0.39, 0.29) is 23.9 Å². The van der Waals surface area contributed by atoms with Crippen LogP contribution in [0.1, 0.15) is 20.8 Å². The van der Waals surface area contributed by atoms with E-state index in [2.05, 4.69) is 6.58 Å². The predicted octanol–water partition coefficient (Wildman–Crippen LogP) is 1.43. The van der Waals surface area contributed by atoms with Gasteiger partial charge in [-0.15, -0.1) is 0 Å². The number of esters is 1. The van der Waals surface area contributed by atoms with Crippen LogP contribution in [0.2, 0.25) is 0 Å². The SMILES string of the molecule is C=C(C#N)C(=O)OCC(C=C(C)C(=O)O)OC(C)C. The van der Waals surface area contributed by atoms with Crippen molar-refractivity contribution < 1.29 is 24.2 Å². The third kappa shape index (κ3) is 7.01. The minimum absolute atomic E-state index is 0.0841. The Kier molecular flexibility index (Phi) is 7.15. The maximum Gasteiger partial charge on any atom is 0.348 e. The van der Waals surface area contributed by atoms with Gasteiger partial charge in [0.15, 0.2) is 0 Å². The van der Waals surface area contributed by atoms with E-state index in [4.69, 9.17) is 19.8 Å². The van der Waals surface area contributed by atoms with Crippen molar-refractivity contribution in [2.75, 3.05) is 6.61 Å². The summed E-state index contributed by atoms with van der Waals surface area (Å²) in [4.78, 5) is 22.0. The molecule has 0 aromatic rings. The molecule has 0 fully saturated rings. The van der Waals surface area contributed by atoms with Gasteiger partial charge >= 0.3 is 11.9 Å². The summed E-state index contributed by atoms with van der Waals surface area (Å²) in [5, 5.41) is 17.2. The number of hydrogen-bond acceptors (Lipinski definition) is 5. The Labute approximate surface area is 111 Å². The fraction of sp³-hybridized carbons (Fsp3) is 0.462. The van der Waals surface area contributed by atoms with Crippen LogP contribution in [0.4, 0.5) is 0 Å². The normalized spacial score (nSPS) is 12.7. The molecule has 0 rings (SSSR count). The van der Waals surface area contributed by atoms with E-state index in [1.165, 1.54) is 13.0 Å². The van der Waals surface area contributed by atoms with Crippen LogP contribution in [-0.4, -0.2) is 35.9 Å². The number of aliphatic carboxylic acids is 1. The van der Waals surface area contributed by atoms with Crippen LogP contribution in [0.5, 0.6) is 0 Å². The number of hydrogen-bond donors (Lipinski definition) is 1. The number of rotatable bonds is 7. The molecule has 0 aliphatic rings. The van der Waals surface area contributed by atoms with Crippen LogP contribution < -0.4 is 0 Å². The molecule has 0 spiro atoms. The second kappa shape index (κ2) is 8.06. The van der Waals surface area contributed by atoms with E-state index in [9.17, 15) is 9.59 Å². The van der Waals surface area contributed by atoms with Gasteiger partial charge in [-0.05, 0) is 26.8 Å². The minimum Gasteiger partial charge on any atom is -0.478 e. The van der Waals surface area contributed by atoms with Crippen LogP contribution >= 0.6 is 0 Å². The first-order valence-corrected chi connectivity index (χ1v) is 5.61. The van der Waals surface area contributed by atoms with Crippen molar-refractivity contribution in [3.63, 3.8) is 0 Å². The van der Waals surface area contributed by atoms with Crippen molar-refractivity contribution in [2.45, 2.75) is 33.0 Å². The maximum atomic E-state index is 11.2. The lowest BCUT2D eigenvalue weighted by Gasteiger charge is -2.17. The van der Waals surface area contributed by atoms with Gasteiger partial charge in [0, 0.05) is 5.57 Å². The molecule has 1 atom stereocenters. The Bertz CT molecular complexity index is 431. The van der Waals surface area contributed by atoms with Gasteiger partial charge in [-0.25, -0.2) is 9.59 Å². The number of carbonyl (C=O) groups is 2. The Morgan fingerprint density at radius 2 is 2.05 bits per heavy atom. The highest BCUT2D eigenvalue weighted by molar-refractivity contribution is 5.91. The van der Waals surface area contributed by atoms with Crippen LogP contribution in [0.3, 0.4) is 0 Å². The molecule has 6 heteroatoms. The zero-order chi connectivity index (χ0) is 15.0. The number of nitrogens with zero attached hydrogens (tertiary/aromatic N) is 1. The largest absolute Gasteiger partial charge is 0.478 e. The first-order valence-electron chi connectivity index (χ1n) is 5.61. The molecule has 1 N–H and O–H groups in total. The van der Waals surface area contributed by atoms with Crippen LogP contribution in [0, 0.1) is 11.3 Å². The number of carboxylic acids is 1. The molecule has 6 nitrogen and oxygen atoms in total. The van der Waals surface area contributed by atoms with E-state index in [1.807, 2.05) is 0 Å². The van der Waals surface area contributed by atoms with Crippen LogP contribution in [-0.2, 0) is 19.1 Å². The first kappa shape index (κ1) is 16.9. The molecule has 0 amide bonds. The van der Waals surface area contributed by atoms with Gasteiger partial charge in [-0.2, -0.15) is 5.26 Å². The molecule has 104 valence electrons. The van der Waals surface area contributed by atoms with Crippen molar-refractivity contribution in [2.24, 2.45) is 0 Å². The third-order valence-electron chi connectivity index (χ3n) is 1.98. The smallest absolute Gasteiger partial charge is 0.348 e.